The van der Waals surface area contributed by atoms with Crippen LogP contribution < -0.4 is 0 Å². The molecule has 0 aromatic heterocycles. The zero-order valence-electron chi connectivity index (χ0n) is 19.8. The highest BCUT2D eigenvalue weighted by atomic mass is 16.4. The number of carbonyl (C=O) groups is 2. The van der Waals surface area contributed by atoms with Crippen molar-refractivity contribution in [2.75, 3.05) is 6.54 Å². The molecule has 4 nitrogen and oxygen atoms in total. The van der Waals surface area contributed by atoms with E-state index < -0.39 is 11.9 Å². The lowest BCUT2D eigenvalue weighted by molar-refractivity contribution is -0.138. The average Bonchev–Trinajstić information content (AvgIpc) is 3.06. The number of hydrogen-bond donors (Lipinski definition) is 1. The molecule has 1 aliphatic heterocycles. The average molecular weight is 434 g/mol. The molecule has 0 spiro atoms. The van der Waals surface area contributed by atoms with E-state index in [9.17, 15) is 14.7 Å². The molecule has 0 radical (unpaired) electrons. The molecule has 2 aliphatic rings. The fourth-order valence-corrected chi connectivity index (χ4v) is 6.12. The van der Waals surface area contributed by atoms with E-state index in [2.05, 4.69) is 39.0 Å². The Kier molecular flexibility index (Phi) is 5.91. The monoisotopic (exact) mass is 433 g/mol. The number of rotatable bonds is 6. The summed E-state index contributed by atoms with van der Waals surface area (Å²) in [5.41, 5.74) is 4.99. The van der Waals surface area contributed by atoms with Gasteiger partial charge < -0.3 is 10.0 Å². The topological polar surface area (TPSA) is 57.6 Å². The largest absolute Gasteiger partial charge is 0.481 e. The van der Waals surface area contributed by atoms with Gasteiger partial charge in [-0.05, 0) is 71.8 Å². The Morgan fingerprint density at radius 3 is 2.47 bits per heavy atom. The van der Waals surface area contributed by atoms with Gasteiger partial charge in [-0.15, -0.1) is 0 Å². The van der Waals surface area contributed by atoms with Crippen molar-refractivity contribution >= 4 is 11.9 Å². The molecule has 1 amide bonds. The van der Waals surface area contributed by atoms with Crippen molar-refractivity contribution in [3.05, 3.63) is 70.3 Å². The normalized spacial score (nSPS) is 23.1. The number of fused-ring (bicyclic) bond motifs is 1. The maximum atomic E-state index is 13.2. The van der Waals surface area contributed by atoms with Crippen molar-refractivity contribution < 1.29 is 14.7 Å². The Morgan fingerprint density at radius 1 is 1.09 bits per heavy atom. The molecule has 32 heavy (non-hydrogen) atoms. The van der Waals surface area contributed by atoms with Crippen molar-refractivity contribution in [3.63, 3.8) is 0 Å². The maximum Gasteiger partial charge on any atom is 0.310 e. The summed E-state index contributed by atoms with van der Waals surface area (Å²) in [7, 11) is 0. The molecule has 2 aromatic carbocycles. The van der Waals surface area contributed by atoms with Gasteiger partial charge in [0.2, 0.25) is 0 Å². The van der Waals surface area contributed by atoms with Gasteiger partial charge >= 0.3 is 5.97 Å². The molecule has 4 rings (SSSR count). The number of aliphatic carboxylic acids is 1. The van der Waals surface area contributed by atoms with E-state index >= 15 is 0 Å². The van der Waals surface area contributed by atoms with Gasteiger partial charge in [-0.1, -0.05) is 63.6 Å². The molecule has 1 N–H and O–H groups in total. The van der Waals surface area contributed by atoms with Gasteiger partial charge in [-0.3, -0.25) is 9.59 Å². The summed E-state index contributed by atoms with van der Waals surface area (Å²) in [4.78, 5) is 27.2. The van der Waals surface area contributed by atoms with Crippen LogP contribution in [0.4, 0.5) is 0 Å². The highest BCUT2D eigenvalue weighted by Crippen LogP contribution is 2.50. The number of benzene rings is 2. The van der Waals surface area contributed by atoms with E-state index in [0.29, 0.717) is 18.7 Å². The summed E-state index contributed by atoms with van der Waals surface area (Å²) in [6, 6.07) is 14.2. The number of carbonyl (C=O) groups excluding carboxylic acids is 1. The first-order chi connectivity index (χ1) is 15.1. The third kappa shape index (κ3) is 4.20. The Morgan fingerprint density at radius 2 is 1.81 bits per heavy atom. The van der Waals surface area contributed by atoms with Crippen LogP contribution in [-0.4, -0.2) is 28.4 Å². The molecule has 2 unspecified atom stereocenters. The van der Waals surface area contributed by atoms with Gasteiger partial charge in [0.15, 0.2) is 0 Å². The summed E-state index contributed by atoms with van der Waals surface area (Å²) in [5, 5.41) is 9.96. The van der Waals surface area contributed by atoms with E-state index in [4.69, 9.17) is 0 Å². The number of hydrogen-bond acceptors (Lipinski definition) is 2. The molecule has 1 aliphatic carbocycles. The van der Waals surface area contributed by atoms with Crippen molar-refractivity contribution in [2.24, 2.45) is 5.41 Å². The van der Waals surface area contributed by atoms with Crippen LogP contribution in [0, 0.1) is 5.41 Å². The van der Waals surface area contributed by atoms with Crippen LogP contribution in [-0.2, 0) is 23.2 Å². The second-order valence-electron chi connectivity index (χ2n) is 10.8. The minimum Gasteiger partial charge on any atom is -0.481 e. The fraction of sp³-hybridized carbons (Fsp3) is 0.500. The summed E-state index contributed by atoms with van der Waals surface area (Å²) >= 11 is 0. The van der Waals surface area contributed by atoms with Crippen LogP contribution in [0.2, 0.25) is 0 Å². The fourth-order valence-electron chi connectivity index (χ4n) is 6.12. The van der Waals surface area contributed by atoms with Gasteiger partial charge in [-0.25, -0.2) is 0 Å². The summed E-state index contributed by atoms with van der Waals surface area (Å²) in [6.07, 6.45) is 5.22. The van der Waals surface area contributed by atoms with Crippen molar-refractivity contribution in [1.82, 2.24) is 4.90 Å². The molecule has 4 heteroatoms. The van der Waals surface area contributed by atoms with Gasteiger partial charge in [0, 0.05) is 18.7 Å². The minimum absolute atomic E-state index is 0.0236. The third-order valence-electron chi connectivity index (χ3n) is 7.64. The molecular formula is C28H35NO3. The van der Waals surface area contributed by atoms with Crippen LogP contribution in [0.3, 0.4) is 0 Å². The smallest absolute Gasteiger partial charge is 0.310 e. The summed E-state index contributed by atoms with van der Waals surface area (Å²) < 4.78 is 0. The quantitative estimate of drug-likeness (QED) is 0.614. The molecule has 0 saturated heterocycles. The number of carboxylic acid groups (broad SMARTS) is 1. The predicted octanol–water partition coefficient (Wildman–Crippen LogP) is 5.93. The van der Waals surface area contributed by atoms with E-state index in [1.54, 1.807) is 6.92 Å². The van der Waals surface area contributed by atoms with Crippen molar-refractivity contribution in [1.29, 1.82) is 0 Å². The Balaban J connectivity index is 1.71. The zero-order valence-corrected chi connectivity index (χ0v) is 19.8. The van der Waals surface area contributed by atoms with Gasteiger partial charge in [0.1, 0.15) is 0 Å². The molecule has 1 saturated carbocycles. The van der Waals surface area contributed by atoms with E-state index in [1.807, 2.05) is 29.2 Å². The highest BCUT2D eigenvalue weighted by Gasteiger charge is 2.42. The first kappa shape index (κ1) is 22.6. The van der Waals surface area contributed by atoms with Gasteiger partial charge in [0.25, 0.3) is 5.91 Å². The lowest BCUT2D eigenvalue weighted by atomic mass is 9.60. The second kappa shape index (κ2) is 8.38. The Hall–Kier alpha value is -2.62. The Bertz CT molecular complexity index is 1030. The first-order valence-electron chi connectivity index (χ1n) is 11.8. The molecule has 170 valence electrons. The maximum absolute atomic E-state index is 13.2. The van der Waals surface area contributed by atoms with E-state index in [-0.39, 0.29) is 16.7 Å². The molecule has 2 aromatic rings. The standard InChI is InChI=1S/C28H35NO3/c1-19(26(31)32)24-22-17-29(16-13-20-9-6-5-7-10-20)25(30)21(22)11-12-23(24)28(4)15-8-14-27(2,3)18-28/h5-7,9-12,19H,8,13-18H2,1-4H3,(H,31,32). The highest BCUT2D eigenvalue weighted by molar-refractivity contribution is 5.99. The van der Waals surface area contributed by atoms with Crippen LogP contribution in [0.5, 0.6) is 0 Å². The van der Waals surface area contributed by atoms with E-state index in [0.717, 1.165) is 42.4 Å². The van der Waals surface area contributed by atoms with E-state index in [1.165, 1.54) is 12.0 Å². The van der Waals surface area contributed by atoms with Gasteiger partial charge in [-0.2, -0.15) is 0 Å². The second-order valence-corrected chi connectivity index (χ2v) is 10.8. The molecule has 1 fully saturated rings. The zero-order chi connectivity index (χ0) is 23.1. The summed E-state index contributed by atoms with van der Waals surface area (Å²) in [6.45, 7) is 9.83. The van der Waals surface area contributed by atoms with Crippen LogP contribution in [0.15, 0.2) is 42.5 Å². The summed E-state index contributed by atoms with van der Waals surface area (Å²) in [5.74, 6) is -1.44. The molecule has 0 bridgehead atoms. The minimum atomic E-state index is -0.825. The third-order valence-corrected chi connectivity index (χ3v) is 7.64. The van der Waals surface area contributed by atoms with Crippen molar-refractivity contribution in [2.45, 2.75) is 77.7 Å². The lowest BCUT2D eigenvalue weighted by Gasteiger charge is -2.44. The number of nitrogens with zero attached hydrogens (tertiary/aromatic N) is 1. The van der Waals surface area contributed by atoms with Crippen LogP contribution in [0.1, 0.15) is 91.9 Å². The van der Waals surface area contributed by atoms with Crippen LogP contribution >= 0.6 is 0 Å². The lowest BCUT2D eigenvalue weighted by Crippen LogP contribution is -2.36. The van der Waals surface area contributed by atoms with Gasteiger partial charge in [0.05, 0.1) is 5.92 Å². The number of carboxylic acids is 1. The molecular weight excluding hydrogens is 398 g/mol. The number of amides is 1. The SMILES string of the molecule is CC(C(=O)O)c1c(C2(C)CCCC(C)(C)C2)ccc2c1CN(CCc1ccccc1)C2=O. The van der Waals surface area contributed by atoms with Crippen LogP contribution in [0.25, 0.3) is 0 Å². The Labute approximate surface area is 191 Å². The molecule has 2 atom stereocenters. The predicted molar refractivity (Wildman–Crippen MR) is 127 cm³/mol. The van der Waals surface area contributed by atoms with Crippen molar-refractivity contribution in [3.8, 4) is 0 Å². The first-order valence-corrected chi connectivity index (χ1v) is 11.8. The molecule has 1 heterocycles.